The number of para-hydroxylation sites is 1. The van der Waals surface area contributed by atoms with Gasteiger partial charge in [0.1, 0.15) is 6.42 Å². The Labute approximate surface area is 183 Å². The minimum atomic E-state index is -0.432. The predicted octanol–water partition coefficient (Wildman–Crippen LogP) is 3.20. The van der Waals surface area contributed by atoms with Gasteiger partial charge < -0.3 is 14.6 Å². The molecule has 0 saturated heterocycles. The van der Waals surface area contributed by atoms with Gasteiger partial charge in [-0.2, -0.15) is 11.6 Å². The van der Waals surface area contributed by atoms with Crippen molar-refractivity contribution in [1.82, 2.24) is 0 Å². The third-order valence-corrected chi connectivity index (χ3v) is 4.13. The summed E-state index contributed by atoms with van der Waals surface area (Å²) in [7, 11) is 1.50. The van der Waals surface area contributed by atoms with Crippen LogP contribution < -0.4 is 9.80 Å². The maximum Gasteiger partial charge on any atom is 0.236 e. The molecule has 0 aliphatic rings. The van der Waals surface area contributed by atoms with Gasteiger partial charge in [-0.3, -0.25) is 9.59 Å². The van der Waals surface area contributed by atoms with Crippen LogP contribution in [0, 0.1) is 0 Å². The number of carbonyl (C=O) groups is 2. The number of hydrogen-bond donors (Lipinski definition) is 0. The van der Waals surface area contributed by atoms with E-state index >= 15 is 0 Å². The number of carbonyl (C=O) groups excluding carboxylic acids is 3. The molecule has 0 aliphatic heterocycles. The molecular weight excluding hydrogens is 429 g/mol. The monoisotopic (exact) mass is 446 g/mol. The van der Waals surface area contributed by atoms with Crippen molar-refractivity contribution in [2.75, 3.05) is 23.4 Å². The van der Waals surface area contributed by atoms with Crippen molar-refractivity contribution in [3.8, 4) is 0 Å². The summed E-state index contributed by atoms with van der Waals surface area (Å²) < 4.78 is 0. The van der Waals surface area contributed by atoms with Crippen molar-refractivity contribution in [2.24, 2.45) is 0 Å². The Hall–Kier alpha value is -1.56. The van der Waals surface area contributed by atoms with Crippen molar-refractivity contribution in [2.45, 2.75) is 13.3 Å². The van der Waals surface area contributed by atoms with Crippen LogP contribution in [0.4, 0.5) is 11.4 Å². The number of amides is 2. The molecule has 0 N–H and O–H groups in total. The molecule has 7 heteroatoms. The van der Waals surface area contributed by atoms with Crippen LogP contribution in [0.3, 0.4) is 0 Å². The summed E-state index contributed by atoms with van der Waals surface area (Å²) in [6, 6.07) is 13.9. The molecule has 0 spiro atoms. The van der Waals surface area contributed by atoms with Gasteiger partial charge in [-0.1, -0.05) is 41.0 Å². The van der Waals surface area contributed by atoms with E-state index in [1.54, 1.807) is 24.5 Å². The minimum Gasteiger partial charge on any atom is -0.376 e. The van der Waals surface area contributed by atoms with E-state index in [0.29, 0.717) is 12.2 Å². The largest absolute Gasteiger partial charge is 0.376 e. The second kappa shape index (κ2) is 10.6. The molecule has 0 bridgehead atoms. The maximum absolute atomic E-state index is 12.5. The first-order valence-corrected chi connectivity index (χ1v) is 8.16. The number of halogens is 1. The van der Waals surface area contributed by atoms with Gasteiger partial charge in [0.2, 0.25) is 11.8 Å². The van der Waals surface area contributed by atoms with E-state index in [0.717, 1.165) is 5.69 Å². The van der Waals surface area contributed by atoms with E-state index in [2.05, 4.69) is 0 Å². The molecule has 1 radical (unpaired) electrons. The van der Waals surface area contributed by atoms with Gasteiger partial charge in [0.25, 0.3) is 0 Å². The average Bonchev–Trinajstić information content (AvgIpc) is 2.62. The average molecular weight is 447 g/mol. The van der Waals surface area contributed by atoms with Gasteiger partial charge in [0.05, 0.1) is 6.29 Å². The van der Waals surface area contributed by atoms with Gasteiger partial charge in [-0.15, -0.1) is 11.6 Å². The van der Waals surface area contributed by atoms with E-state index in [1.807, 2.05) is 37.3 Å². The third-order valence-electron chi connectivity index (χ3n) is 3.82. The maximum atomic E-state index is 12.5. The first-order chi connectivity index (χ1) is 12.0. The van der Waals surface area contributed by atoms with E-state index < -0.39 is 5.91 Å². The molecule has 0 atom stereocenters. The number of hydrogen-bond acceptors (Lipinski definition) is 3. The molecule has 0 heterocycles. The summed E-state index contributed by atoms with van der Waals surface area (Å²) in [5, 5.41) is 0.206. The van der Waals surface area contributed by atoms with Crippen molar-refractivity contribution < 1.29 is 47.1 Å². The molecule has 0 aliphatic carbocycles. The smallest absolute Gasteiger partial charge is 0.236 e. The number of nitrogens with zero attached hydrogens (tertiary/aromatic N) is 2. The molecule has 2 aromatic carbocycles. The number of benzene rings is 2. The number of anilines is 2. The Morgan fingerprint density at radius 2 is 1.69 bits per heavy atom. The third kappa shape index (κ3) is 5.22. The summed E-state index contributed by atoms with van der Waals surface area (Å²) in [6.45, 7) is 2.29. The standard InChI is InChI=1S/C19H18ClN2O3.Y/c1-3-22(14-8-5-4-6-9-14)19(25)12-18(24)21(2)17-11-7-10-16(20)15(17)13-23;/h4-11H,3,12H2,1-2H3;/q-1;. The molecule has 2 rings (SSSR count). The Balaban J connectivity index is 0.00000338. The van der Waals surface area contributed by atoms with E-state index in [1.165, 1.54) is 16.8 Å². The number of rotatable bonds is 6. The molecule has 0 aromatic heterocycles. The predicted molar refractivity (Wildman–Crippen MR) is 98.7 cm³/mol. The fourth-order valence-electron chi connectivity index (χ4n) is 2.48. The molecule has 5 nitrogen and oxygen atoms in total. The normalized spacial score (nSPS) is 9.81. The van der Waals surface area contributed by atoms with Crippen LogP contribution in [0.25, 0.3) is 0 Å². The van der Waals surface area contributed by atoms with Crippen molar-refractivity contribution in [3.05, 3.63) is 59.1 Å². The van der Waals surface area contributed by atoms with Gasteiger partial charge >= 0.3 is 0 Å². The second-order valence-electron chi connectivity index (χ2n) is 5.34. The summed E-state index contributed by atoms with van der Waals surface area (Å²) in [4.78, 5) is 38.9. The van der Waals surface area contributed by atoms with Crippen LogP contribution in [0.2, 0.25) is 5.02 Å². The molecule has 26 heavy (non-hydrogen) atoms. The van der Waals surface area contributed by atoms with E-state index in [4.69, 9.17) is 11.6 Å². The zero-order chi connectivity index (χ0) is 18.4. The van der Waals surface area contributed by atoms with Gasteiger partial charge in [0, 0.05) is 52.0 Å². The second-order valence-corrected chi connectivity index (χ2v) is 5.75. The molecular formula is C19H18ClN2O3Y-. The van der Waals surface area contributed by atoms with Crippen LogP contribution >= 0.6 is 11.6 Å². The Bertz CT molecular complexity index is 784. The van der Waals surface area contributed by atoms with Gasteiger partial charge in [-0.25, -0.2) is 0 Å². The summed E-state index contributed by atoms with van der Waals surface area (Å²) >= 11 is 5.96. The molecule has 0 unspecified atom stereocenters. The van der Waals surface area contributed by atoms with Crippen molar-refractivity contribution in [3.63, 3.8) is 0 Å². The van der Waals surface area contributed by atoms with Crippen LogP contribution in [0.5, 0.6) is 0 Å². The molecule has 2 amide bonds. The first-order valence-electron chi connectivity index (χ1n) is 7.78. The SMILES string of the molecule is CCN(C(=O)CC(=O)N(C)c1cccc(Cl)c1[C-]=O)c1ccccc1.[Y]. The van der Waals surface area contributed by atoms with E-state index in [9.17, 15) is 14.4 Å². The Morgan fingerprint density at radius 1 is 1.04 bits per heavy atom. The fourth-order valence-corrected chi connectivity index (χ4v) is 2.69. The Kier molecular flexibility index (Phi) is 9.13. The van der Waals surface area contributed by atoms with Crippen molar-refractivity contribution in [1.29, 1.82) is 0 Å². The summed E-state index contributed by atoms with van der Waals surface area (Å²) in [5.74, 6) is -0.748. The molecule has 133 valence electrons. The summed E-state index contributed by atoms with van der Waals surface area (Å²) in [5.41, 5.74) is 1.15. The molecule has 0 saturated carbocycles. The first kappa shape index (κ1) is 22.5. The zero-order valence-corrected chi connectivity index (χ0v) is 18.2. The van der Waals surface area contributed by atoms with Crippen LogP contribution in [-0.2, 0) is 47.1 Å². The fraction of sp³-hybridized carbons (Fsp3) is 0.211. The Morgan fingerprint density at radius 3 is 2.27 bits per heavy atom. The van der Waals surface area contributed by atoms with Crippen LogP contribution in [-0.4, -0.2) is 31.7 Å². The summed E-state index contributed by atoms with van der Waals surface area (Å²) in [6.07, 6.45) is 1.43. The topological polar surface area (TPSA) is 57.7 Å². The minimum absolute atomic E-state index is 0. The van der Waals surface area contributed by atoms with Crippen molar-refractivity contribution >= 4 is 41.1 Å². The van der Waals surface area contributed by atoms with Crippen LogP contribution in [0.1, 0.15) is 18.9 Å². The molecule has 2 aromatic rings. The van der Waals surface area contributed by atoms with Crippen LogP contribution in [0.15, 0.2) is 48.5 Å². The molecule has 0 fully saturated rings. The van der Waals surface area contributed by atoms with E-state index in [-0.39, 0.29) is 55.6 Å². The van der Waals surface area contributed by atoms with Gasteiger partial charge in [0.15, 0.2) is 0 Å². The van der Waals surface area contributed by atoms with Gasteiger partial charge in [-0.05, 0) is 19.1 Å². The zero-order valence-electron chi connectivity index (χ0n) is 14.6. The quantitative estimate of drug-likeness (QED) is 0.506.